The minimum atomic E-state index is -4.62. The quantitative estimate of drug-likeness (QED) is 0.628. The van der Waals surface area contributed by atoms with E-state index in [1.54, 1.807) is 13.8 Å². The molecule has 0 aliphatic carbocycles. The topological polar surface area (TPSA) is 0 Å². The molecule has 0 unspecified atom stereocenters. The first kappa shape index (κ1) is 12.3. The maximum atomic E-state index is 13.3. The molecule has 1 aromatic rings. The average molecular weight is 241 g/mol. The van der Waals surface area contributed by atoms with E-state index in [0.29, 0.717) is 6.07 Å². The van der Waals surface area contributed by atoms with Crippen molar-refractivity contribution in [3.8, 4) is 0 Å². The van der Waals surface area contributed by atoms with Crippen molar-refractivity contribution in [3.63, 3.8) is 0 Å². The third-order valence-corrected chi connectivity index (χ3v) is 2.33. The van der Waals surface area contributed by atoms with Gasteiger partial charge in [0.05, 0.1) is 10.6 Å². The van der Waals surface area contributed by atoms with Gasteiger partial charge in [-0.3, -0.25) is 0 Å². The lowest BCUT2D eigenvalue weighted by molar-refractivity contribution is -0.137. The number of halogens is 5. The molecular weight excluding hydrogens is 232 g/mol. The highest BCUT2D eigenvalue weighted by molar-refractivity contribution is 6.31. The van der Waals surface area contributed by atoms with Gasteiger partial charge in [-0.1, -0.05) is 25.4 Å². The van der Waals surface area contributed by atoms with Crippen LogP contribution in [0.4, 0.5) is 17.6 Å². The smallest absolute Gasteiger partial charge is 0.207 e. The van der Waals surface area contributed by atoms with Crippen LogP contribution in [0.3, 0.4) is 0 Å². The molecule has 0 aromatic heterocycles. The maximum Gasteiger partial charge on any atom is 0.417 e. The Balaban J connectivity index is 3.32. The molecule has 1 rings (SSSR count). The minimum Gasteiger partial charge on any atom is -0.207 e. The van der Waals surface area contributed by atoms with Crippen molar-refractivity contribution in [2.45, 2.75) is 25.9 Å². The normalized spacial score (nSPS) is 12.3. The molecule has 0 spiro atoms. The molecule has 0 saturated carbocycles. The summed E-state index contributed by atoms with van der Waals surface area (Å²) in [6.45, 7) is 3.37. The summed E-state index contributed by atoms with van der Waals surface area (Å²) in [6, 6.07) is 1.47. The predicted octanol–water partition coefficient (Wildman–Crippen LogP) is 4.62. The SMILES string of the molecule is CC(C)c1cc(Cl)c(C(F)(F)F)cc1F. The van der Waals surface area contributed by atoms with Gasteiger partial charge in [-0.2, -0.15) is 13.2 Å². The van der Waals surface area contributed by atoms with Gasteiger partial charge >= 0.3 is 6.18 Å². The van der Waals surface area contributed by atoms with Crippen LogP contribution < -0.4 is 0 Å². The summed E-state index contributed by atoms with van der Waals surface area (Å²) < 4.78 is 50.2. The van der Waals surface area contributed by atoms with Gasteiger partial charge in [-0.05, 0) is 23.6 Å². The summed E-state index contributed by atoms with van der Waals surface area (Å²) in [4.78, 5) is 0. The molecule has 0 nitrogen and oxygen atoms in total. The average Bonchev–Trinajstić information content (AvgIpc) is 2.06. The van der Waals surface area contributed by atoms with E-state index in [-0.39, 0.29) is 11.5 Å². The fourth-order valence-corrected chi connectivity index (χ4v) is 1.50. The third kappa shape index (κ3) is 2.62. The molecule has 0 saturated heterocycles. The third-order valence-electron chi connectivity index (χ3n) is 2.01. The Bertz CT molecular complexity index is 368. The molecule has 15 heavy (non-hydrogen) atoms. The van der Waals surface area contributed by atoms with E-state index >= 15 is 0 Å². The predicted molar refractivity (Wildman–Crippen MR) is 50.5 cm³/mol. The largest absolute Gasteiger partial charge is 0.417 e. The zero-order valence-electron chi connectivity index (χ0n) is 8.12. The maximum absolute atomic E-state index is 13.3. The standard InChI is InChI=1S/C10H9ClF4/c1-5(2)6-3-8(11)7(4-9(6)12)10(13,14)15/h3-5H,1-2H3. The van der Waals surface area contributed by atoms with Gasteiger partial charge in [0.1, 0.15) is 5.82 Å². The number of hydrogen-bond donors (Lipinski definition) is 0. The first-order valence-electron chi connectivity index (χ1n) is 4.29. The summed E-state index contributed by atoms with van der Waals surface area (Å²) >= 11 is 5.44. The van der Waals surface area contributed by atoms with Crippen LogP contribution in [-0.2, 0) is 6.18 Å². The Labute approximate surface area is 89.9 Å². The molecule has 0 N–H and O–H groups in total. The van der Waals surface area contributed by atoms with E-state index in [4.69, 9.17) is 11.6 Å². The molecule has 0 atom stereocenters. The number of alkyl halides is 3. The zero-order valence-corrected chi connectivity index (χ0v) is 8.88. The highest BCUT2D eigenvalue weighted by atomic mass is 35.5. The molecular formula is C10H9ClF4. The van der Waals surface area contributed by atoms with Gasteiger partial charge in [0.15, 0.2) is 0 Å². The van der Waals surface area contributed by atoms with Crippen LogP contribution in [0.25, 0.3) is 0 Å². The lowest BCUT2D eigenvalue weighted by Gasteiger charge is -2.13. The van der Waals surface area contributed by atoms with Crippen LogP contribution in [0, 0.1) is 5.82 Å². The Morgan fingerprint density at radius 1 is 1.20 bits per heavy atom. The van der Waals surface area contributed by atoms with Crippen LogP contribution in [0.15, 0.2) is 12.1 Å². The van der Waals surface area contributed by atoms with Crippen molar-refractivity contribution in [2.75, 3.05) is 0 Å². The first-order chi connectivity index (χ1) is 6.73. The Morgan fingerprint density at radius 3 is 2.13 bits per heavy atom. The second-order valence-corrected chi connectivity index (χ2v) is 3.91. The summed E-state index contributed by atoms with van der Waals surface area (Å²) in [6.07, 6.45) is -4.62. The van der Waals surface area contributed by atoms with Crippen molar-refractivity contribution in [2.24, 2.45) is 0 Å². The van der Waals surface area contributed by atoms with Gasteiger partial charge in [0.2, 0.25) is 0 Å². The number of hydrogen-bond acceptors (Lipinski definition) is 0. The van der Waals surface area contributed by atoms with Crippen molar-refractivity contribution in [3.05, 3.63) is 34.1 Å². The van der Waals surface area contributed by atoms with Gasteiger partial charge in [-0.25, -0.2) is 4.39 Å². The van der Waals surface area contributed by atoms with E-state index in [9.17, 15) is 17.6 Å². The van der Waals surface area contributed by atoms with Gasteiger partial charge in [-0.15, -0.1) is 0 Å². The molecule has 0 bridgehead atoms. The van der Waals surface area contributed by atoms with E-state index in [1.165, 1.54) is 0 Å². The Morgan fingerprint density at radius 2 is 1.73 bits per heavy atom. The second kappa shape index (κ2) is 4.00. The fraction of sp³-hybridized carbons (Fsp3) is 0.400. The van der Waals surface area contributed by atoms with Crippen molar-refractivity contribution >= 4 is 11.6 Å². The number of rotatable bonds is 1. The molecule has 5 heteroatoms. The molecule has 0 heterocycles. The molecule has 84 valence electrons. The second-order valence-electron chi connectivity index (χ2n) is 3.51. The monoisotopic (exact) mass is 240 g/mol. The van der Waals surface area contributed by atoms with Gasteiger partial charge in [0.25, 0.3) is 0 Å². The van der Waals surface area contributed by atoms with Gasteiger partial charge < -0.3 is 0 Å². The Hall–Kier alpha value is -0.770. The van der Waals surface area contributed by atoms with Crippen LogP contribution in [0.2, 0.25) is 5.02 Å². The summed E-state index contributed by atoms with van der Waals surface area (Å²) in [5.41, 5.74) is -0.945. The summed E-state index contributed by atoms with van der Waals surface area (Å²) in [5.74, 6) is -1.08. The van der Waals surface area contributed by atoms with E-state index in [2.05, 4.69) is 0 Å². The molecule has 1 aromatic carbocycles. The number of benzene rings is 1. The molecule has 0 aliphatic rings. The summed E-state index contributed by atoms with van der Waals surface area (Å²) in [7, 11) is 0. The minimum absolute atomic E-state index is 0.188. The molecule has 0 amide bonds. The summed E-state index contributed by atoms with van der Waals surface area (Å²) in [5, 5.41) is -0.465. The lowest BCUT2D eigenvalue weighted by atomic mass is 10.0. The van der Waals surface area contributed by atoms with E-state index in [1.807, 2.05) is 0 Å². The van der Waals surface area contributed by atoms with Crippen LogP contribution in [0.5, 0.6) is 0 Å². The van der Waals surface area contributed by atoms with Crippen LogP contribution in [-0.4, -0.2) is 0 Å². The van der Waals surface area contributed by atoms with E-state index < -0.39 is 22.6 Å². The lowest BCUT2D eigenvalue weighted by Crippen LogP contribution is -2.08. The van der Waals surface area contributed by atoms with Gasteiger partial charge in [0, 0.05) is 0 Å². The first-order valence-corrected chi connectivity index (χ1v) is 4.67. The van der Waals surface area contributed by atoms with Crippen molar-refractivity contribution in [1.29, 1.82) is 0 Å². The van der Waals surface area contributed by atoms with Crippen LogP contribution in [0.1, 0.15) is 30.9 Å². The van der Waals surface area contributed by atoms with Crippen molar-refractivity contribution in [1.82, 2.24) is 0 Å². The van der Waals surface area contributed by atoms with Crippen LogP contribution >= 0.6 is 11.6 Å². The molecule has 0 fully saturated rings. The van der Waals surface area contributed by atoms with E-state index in [0.717, 1.165) is 6.07 Å². The molecule has 0 aliphatic heterocycles. The highest BCUT2D eigenvalue weighted by Gasteiger charge is 2.34. The zero-order chi connectivity index (χ0) is 11.8. The van der Waals surface area contributed by atoms with Crippen molar-refractivity contribution < 1.29 is 17.6 Å². The highest BCUT2D eigenvalue weighted by Crippen LogP contribution is 2.37. The fourth-order valence-electron chi connectivity index (χ4n) is 1.22. The molecule has 0 radical (unpaired) electrons. The Kier molecular flexibility index (Phi) is 3.28.